The Morgan fingerprint density at radius 2 is 2.28 bits per heavy atom. The van der Waals surface area contributed by atoms with Crippen LogP contribution in [0.2, 0.25) is 0 Å². The van der Waals surface area contributed by atoms with Crippen molar-refractivity contribution in [2.75, 3.05) is 31.3 Å². The molecule has 1 atom stereocenters. The van der Waals surface area contributed by atoms with Crippen LogP contribution in [-0.4, -0.2) is 48.5 Å². The Balaban J connectivity index is 2.37. The largest absolute Gasteiger partial charge is 0.368 e. The molecule has 0 aliphatic carbocycles. The molecule has 6 nitrogen and oxygen atoms in total. The first-order valence-electron chi connectivity index (χ1n) is 5.71. The zero-order chi connectivity index (χ0) is 13.5. The van der Waals surface area contributed by atoms with Crippen LogP contribution >= 0.6 is 23.1 Å². The molecular formula is C10H19N5OS2. The molecule has 3 N–H and O–H groups in total. The van der Waals surface area contributed by atoms with Gasteiger partial charge >= 0.3 is 0 Å². The van der Waals surface area contributed by atoms with Crippen LogP contribution < -0.4 is 16.0 Å². The molecule has 102 valence electrons. The monoisotopic (exact) mass is 289 g/mol. The Labute approximate surface area is 115 Å². The molecule has 0 fully saturated rings. The first kappa shape index (κ1) is 15.2. The second kappa shape index (κ2) is 7.55. The number of hydrogen-bond donors (Lipinski definition) is 2. The summed E-state index contributed by atoms with van der Waals surface area (Å²) >= 11 is 3.15. The number of nitrogens with zero attached hydrogens (tertiary/aromatic N) is 3. The fourth-order valence-electron chi connectivity index (χ4n) is 1.30. The predicted molar refractivity (Wildman–Crippen MR) is 76.2 cm³/mol. The summed E-state index contributed by atoms with van der Waals surface area (Å²) in [7, 11) is 3.87. The van der Waals surface area contributed by atoms with Crippen molar-refractivity contribution in [2.45, 2.75) is 23.7 Å². The predicted octanol–water partition coefficient (Wildman–Crippen LogP) is 0.550. The first-order chi connectivity index (χ1) is 8.54. The van der Waals surface area contributed by atoms with Crippen LogP contribution in [0.3, 0.4) is 0 Å². The lowest BCUT2D eigenvalue weighted by Gasteiger charge is -2.12. The number of hydrogen-bond acceptors (Lipinski definition) is 7. The summed E-state index contributed by atoms with van der Waals surface area (Å²) < 4.78 is 0.915. The fourth-order valence-corrected chi connectivity index (χ4v) is 3.14. The summed E-state index contributed by atoms with van der Waals surface area (Å²) in [5.74, 6) is 0.492. The van der Waals surface area contributed by atoms with Gasteiger partial charge in [0.05, 0.1) is 6.04 Å². The van der Waals surface area contributed by atoms with Gasteiger partial charge in [-0.3, -0.25) is 4.79 Å². The van der Waals surface area contributed by atoms with Gasteiger partial charge in [-0.25, -0.2) is 0 Å². The lowest BCUT2D eigenvalue weighted by atomic mass is 10.2. The molecule has 0 saturated heterocycles. The molecule has 0 aliphatic heterocycles. The summed E-state index contributed by atoms with van der Waals surface area (Å²) in [5, 5.41) is 12.1. The van der Waals surface area contributed by atoms with Crippen molar-refractivity contribution in [3.05, 3.63) is 0 Å². The fraction of sp³-hybridized carbons (Fsp3) is 0.700. The minimum absolute atomic E-state index is 0.260. The van der Waals surface area contributed by atoms with Crippen LogP contribution in [0.5, 0.6) is 0 Å². The van der Waals surface area contributed by atoms with Crippen molar-refractivity contribution in [3.63, 3.8) is 0 Å². The third kappa shape index (κ3) is 4.79. The third-order valence-electron chi connectivity index (χ3n) is 2.20. The summed E-state index contributed by atoms with van der Waals surface area (Å²) in [6.45, 7) is 2.69. The molecule has 1 unspecified atom stereocenters. The Bertz CT molecular complexity index is 382. The molecular weight excluding hydrogens is 270 g/mol. The highest BCUT2D eigenvalue weighted by atomic mass is 32.2. The molecule has 1 aromatic heterocycles. The molecule has 1 amide bonds. The van der Waals surface area contributed by atoms with E-state index >= 15 is 0 Å². The first-order valence-corrected chi connectivity index (χ1v) is 7.51. The van der Waals surface area contributed by atoms with Gasteiger partial charge in [-0.2, -0.15) is 0 Å². The molecule has 18 heavy (non-hydrogen) atoms. The molecule has 0 aliphatic rings. The van der Waals surface area contributed by atoms with E-state index < -0.39 is 0 Å². The number of anilines is 1. The summed E-state index contributed by atoms with van der Waals surface area (Å²) in [5.41, 5.74) is 5.30. The number of aromatic nitrogens is 2. The SMILES string of the molecule is CCNC(CCSc1nnc(N(C)C)s1)C(N)=O. The normalized spacial score (nSPS) is 12.4. The zero-order valence-electron chi connectivity index (χ0n) is 10.8. The Morgan fingerprint density at radius 1 is 1.56 bits per heavy atom. The van der Waals surface area contributed by atoms with Gasteiger partial charge in [0, 0.05) is 19.8 Å². The average molecular weight is 289 g/mol. The molecule has 0 radical (unpaired) electrons. The van der Waals surface area contributed by atoms with E-state index in [-0.39, 0.29) is 11.9 Å². The van der Waals surface area contributed by atoms with Crippen molar-refractivity contribution in [1.82, 2.24) is 15.5 Å². The zero-order valence-corrected chi connectivity index (χ0v) is 12.5. The summed E-state index contributed by atoms with van der Waals surface area (Å²) in [6, 6.07) is -0.260. The lowest BCUT2D eigenvalue weighted by molar-refractivity contribution is -0.120. The van der Waals surface area contributed by atoms with Gasteiger partial charge in [0.2, 0.25) is 11.0 Å². The van der Waals surface area contributed by atoms with E-state index in [2.05, 4.69) is 15.5 Å². The maximum absolute atomic E-state index is 11.1. The molecule has 0 spiro atoms. The minimum atomic E-state index is -0.302. The second-order valence-electron chi connectivity index (χ2n) is 3.89. The van der Waals surface area contributed by atoms with Gasteiger partial charge in [-0.05, 0) is 13.0 Å². The van der Waals surface area contributed by atoms with E-state index in [1.54, 1.807) is 23.1 Å². The van der Waals surface area contributed by atoms with Crippen LogP contribution in [0.4, 0.5) is 5.13 Å². The van der Waals surface area contributed by atoms with Gasteiger partial charge in [0.15, 0.2) is 4.34 Å². The topological polar surface area (TPSA) is 84.1 Å². The molecule has 0 aromatic carbocycles. The van der Waals surface area contributed by atoms with Gasteiger partial charge in [0.1, 0.15) is 0 Å². The van der Waals surface area contributed by atoms with Gasteiger partial charge < -0.3 is 16.0 Å². The van der Waals surface area contributed by atoms with Crippen LogP contribution in [0.15, 0.2) is 4.34 Å². The average Bonchev–Trinajstić information content (AvgIpc) is 2.76. The van der Waals surface area contributed by atoms with Crippen molar-refractivity contribution in [3.8, 4) is 0 Å². The number of likely N-dealkylation sites (N-methyl/N-ethyl adjacent to an activating group) is 1. The summed E-state index contributed by atoms with van der Waals surface area (Å²) in [6.07, 6.45) is 0.699. The van der Waals surface area contributed by atoms with Crippen LogP contribution in [0.25, 0.3) is 0 Å². The van der Waals surface area contributed by atoms with Crippen LogP contribution in [-0.2, 0) is 4.79 Å². The minimum Gasteiger partial charge on any atom is -0.368 e. The Morgan fingerprint density at radius 3 is 2.78 bits per heavy atom. The lowest BCUT2D eigenvalue weighted by Crippen LogP contribution is -2.41. The van der Waals surface area contributed by atoms with Gasteiger partial charge in [-0.15, -0.1) is 10.2 Å². The molecule has 1 rings (SSSR count). The van der Waals surface area contributed by atoms with Crippen molar-refractivity contribution in [1.29, 1.82) is 0 Å². The Kier molecular flexibility index (Phi) is 6.37. The number of nitrogens with one attached hydrogen (secondary N) is 1. The Hall–Kier alpha value is -0.860. The number of primary amides is 1. The maximum Gasteiger partial charge on any atom is 0.234 e. The molecule has 8 heteroatoms. The molecule has 1 heterocycles. The maximum atomic E-state index is 11.1. The third-order valence-corrected chi connectivity index (χ3v) is 4.46. The number of thioether (sulfide) groups is 1. The van der Waals surface area contributed by atoms with Crippen molar-refractivity contribution < 1.29 is 4.79 Å². The van der Waals surface area contributed by atoms with Crippen LogP contribution in [0.1, 0.15) is 13.3 Å². The van der Waals surface area contributed by atoms with E-state index in [4.69, 9.17) is 5.73 Å². The van der Waals surface area contributed by atoms with E-state index in [0.29, 0.717) is 6.42 Å². The number of amides is 1. The van der Waals surface area contributed by atoms with Crippen molar-refractivity contribution in [2.24, 2.45) is 5.73 Å². The second-order valence-corrected chi connectivity index (χ2v) is 6.19. The van der Waals surface area contributed by atoms with Gasteiger partial charge in [-0.1, -0.05) is 30.0 Å². The number of carbonyl (C=O) groups is 1. The van der Waals surface area contributed by atoms with E-state index in [1.165, 1.54) is 0 Å². The molecule has 1 aromatic rings. The smallest absolute Gasteiger partial charge is 0.234 e. The van der Waals surface area contributed by atoms with Gasteiger partial charge in [0.25, 0.3) is 0 Å². The molecule has 0 saturated carbocycles. The van der Waals surface area contributed by atoms with E-state index in [1.807, 2.05) is 25.9 Å². The number of nitrogens with two attached hydrogens (primary N) is 1. The quantitative estimate of drug-likeness (QED) is 0.680. The van der Waals surface area contributed by atoms with Crippen molar-refractivity contribution >= 4 is 34.1 Å². The standard InChI is InChI=1S/C10H19N5OS2/c1-4-12-7(8(11)16)5-6-17-10-14-13-9(18-10)15(2)3/h7,12H,4-6H2,1-3H3,(H2,11,16). The molecule has 0 bridgehead atoms. The number of carbonyl (C=O) groups excluding carboxylic acids is 1. The van der Waals surface area contributed by atoms with E-state index in [9.17, 15) is 4.79 Å². The summed E-state index contributed by atoms with van der Waals surface area (Å²) in [4.78, 5) is 13.1. The van der Waals surface area contributed by atoms with E-state index in [0.717, 1.165) is 21.8 Å². The van der Waals surface area contributed by atoms with Crippen LogP contribution in [0, 0.1) is 0 Å². The highest BCUT2D eigenvalue weighted by Gasteiger charge is 2.14. The highest BCUT2D eigenvalue weighted by molar-refractivity contribution is 8.01. The highest BCUT2D eigenvalue weighted by Crippen LogP contribution is 2.27. The number of rotatable bonds is 8.